The van der Waals surface area contributed by atoms with Crippen LogP contribution >= 0.6 is 11.6 Å². The van der Waals surface area contributed by atoms with Crippen LogP contribution in [0.3, 0.4) is 0 Å². The molecule has 2 aromatic heterocycles. The second kappa shape index (κ2) is 15.2. The Bertz CT molecular complexity index is 1810. The number of aromatic amines is 1. The van der Waals surface area contributed by atoms with E-state index >= 15 is 0 Å². The first-order valence-corrected chi connectivity index (χ1v) is 15.0. The quantitative estimate of drug-likeness (QED) is 0.0771. The number of allylic oxidation sites excluding steroid dienone is 1. The number of nitrogens with two attached hydrogens (primary N) is 1. The molecule has 12 nitrogen and oxygen atoms in total. The van der Waals surface area contributed by atoms with Crippen LogP contribution < -0.4 is 16.5 Å². The van der Waals surface area contributed by atoms with Crippen molar-refractivity contribution in [3.8, 4) is 6.07 Å². The maximum Gasteiger partial charge on any atom is 0.227 e. The Morgan fingerprint density at radius 3 is 2.84 bits per heavy atom. The van der Waals surface area contributed by atoms with Gasteiger partial charge in [0, 0.05) is 59.0 Å². The van der Waals surface area contributed by atoms with Crippen molar-refractivity contribution in [2.75, 3.05) is 7.05 Å². The summed E-state index contributed by atoms with van der Waals surface area (Å²) in [6, 6.07) is 10.9. The molecule has 0 saturated heterocycles. The van der Waals surface area contributed by atoms with Gasteiger partial charge in [0.2, 0.25) is 6.41 Å². The number of aromatic nitrogens is 4. The molecule has 13 heteroatoms. The summed E-state index contributed by atoms with van der Waals surface area (Å²) in [6.07, 6.45) is 9.50. The van der Waals surface area contributed by atoms with E-state index in [9.17, 15) is 10.1 Å². The minimum Gasteiger partial charge on any atom is -0.398 e. The molecule has 3 atom stereocenters. The lowest BCUT2D eigenvalue weighted by Crippen LogP contribution is -2.39. The maximum atomic E-state index is 9.38. The summed E-state index contributed by atoms with van der Waals surface area (Å²) < 4.78 is 1.85. The van der Waals surface area contributed by atoms with Crippen LogP contribution in [0.15, 0.2) is 46.8 Å². The third-order valence-electron chi connectivity index (χ3n) is 8.13. The predicted octanol–water partition coefficient (Wildman–Crippen LogP) is 4.74. The number of nitriles is 1. The van der Waals surface area contributed by atoms with Crippen LogP contribution in [0.5, 0.6) is 0 Å². The van der Waals surface area contributed by atoms with Crippen LogP contribution in [0.4, 0.5) is 0 Å². The molecule has 5 rings (SSSR count). The van der Waals surface area contributed by atoms with Crippen LogP contribution in [-0.4, -0.2) is 63.7 Å². The minimum absolute atomic E-state index is 0.102. The molecule has 1 fully saturated rings. The van der Waals surface area contributed by atoms with E-state index in [1.165, 1.54) is 0 Å². The average Bonchev–Trinajstić information content (AvgIpc) is 3.65. The van der Waals surface area contributed by atoms with Gasteiger partial charge in [0.25, 0.3) is 0 Å². The average molecular weight is 628 g/mol. The molecule has 0 bridgehead atoms. The Balaban J connectivity index is 0.000000591. The number of aryl methyl sites for hydroxylation is 2. The molecule has 2 aromatic carbocycles. The highest BCUT2D eigenvalue weighted by Gasteiger charge is 2.30. The molecule has 1 aliphatic rings. The van der Waals surface area contributed by atoms with E-state index in [1.54, 1.807) is 6.20 Å². The Labute approximate surface area is 266 Å². The van der Waals surface area contributed by atoms with Gasteiger partial charge in [-0.05, 0) is 75.4 Å². The SMILES string of the molecule is CNC1CCC(N=C(C)/C(=C(\N)c2ccc3c(cnn3C)c2)c2c(Cl)c(C)cc3[nH]ncc23)CC1CC#N.N=C/C=N\NC=O. The van der Waals surface area contributed by atoms with Crippen LogP contribution in [0, 0.1) is 29.6 Å². The molecular formula is C32H38ClN11O. The highest BCUT2D eigenvalue weighted by atomic mass is 35.5. The van der Waals surface area contributed by atoms with Crippen molar-refractivity contribution >= 4 is 69.2 Å². The van der Waals surface area contributed by atoms with Crippen LogP contribution in [0.25, 0.3) is 33.1 Å². The highest BCUT2D eigenvalue weighted by molar-refractivity contribution is 6.40. The van der Waals surface area contributed by atoms with E-state index in [-0.39, 0.29) is 12.0 Å². The number of carbonyl (C=O) groups excluding carboxylic acids is 1. The molecule has 3 unspecified atom stereocenters. The molecule has 0 spiro atoms. The predicted molar refractivity (Wildman–Crippen MR) is 181 cm³/mol. The number of hydrazone groups is 1. The zero-order chi connectivity index (χ0) is 32.5. The van der Waals surface area contributed by atoms with Crippen molar-refractivity contribution in [1.82, 2.24) is 30.7 Å². The maximum absolute atomic E-state index is 9.38. The van der Waals surface area contributed by atoms with Gasteiger partial charge in [0.1, 0.15) is 0 Å². The number of halogens is 1. The van der Waals surface area contributed by atoms with Crippen LogP contribution in [0.1, 0.15) is 49.3 Å². The van der Waals surface area contributed by atoms with Gasteiger partial charge in [-0.25, -0.2) is 5.43 Å². The van der Waals surface area contributed by atoms with Crippen molar-refractivity contribution in [2.24, 2.45) is 28.8 Å². The molecule has 4 aromatic rings. The minimum atomic E-state index is 0.102. The molecule has 0 aliphatic heterocycles. The second-order valence-electron chi connectivity index (χ2n) is 10.9. The van der Waals surface area contributed by atoms with Gasteiger partial charge >= 0.3 is 0 Å². The number of hydrogen-bond acceptors (Lipinski definition) is 9. The molecule has 6 N–H and O–H groups in total. The fourth-order valence-electron chi connectivity index (χ4n) is 5.96. The van der Waals surface area contributed by atoms with Crippen LogP contribution in [0.2, 0.25) is 5.02 Å². The number of carbonyl (C=O) groups is 1. The summed E-state index contributed by atoms with van der Waals surface area (Å²) in [7, 11) is 3.90. The largest absolute Gasteiger partial charge is 0.398 e. The highest BCUT2D eigenvalue weighted by Crippen LogP contribution is 2.38. The van der Waals surface area contributed by atoms with Crippen LogP contribution in [-0.2, 0) is 11.8 Å². The summed E-state index contributed by atoms with van der Waals surface area (Å²) in [6.45, 7) is 4.00. The summed E-state index contributed by atoms with van der Waals surface area (Å²) in [4.78, 5) is 14.6. The lowest BCUT2D eigenvalue weighted by atomic mass is 9.80. The number of H-pyrrole nitrogens is 1. The number of nitrogens with zero attached hydrogens (tertiary/aromatic N) is 6. The van der Waals surface area contributed by atoms with E-state index < -0.39 is 0 Å². The van der Waals surface area contributed by atoms with Gasteiger partial charge in [0.05, 0.1) is 46.8 Å². The first kappa shape index (κ1) is 33.0. The first-order chi connectivity index (χ1) is 21.7. The van der Waals surface area contributed by atoms with Gasteiger partial charge < -0.3 is 16.5 Å². The molecule has 45 heavy (non-hydrogen) atoms. The number of nitrogens with one attached hydrogen (secondary N) is 4. The van der Waals surface area contributed by atoms with Crippen molar-refractivity contribution in [2.45, 2.75) is 51.6 Å². The second-order valence-corrected chi connectivity index (χ2v) is 11.3. The normalized spacial score (nSPS) is 19.1. The summed E-state index contributed by atoms with van der Waals surface area (Å²) in [5.74, 6) is 0.265. The van der Waals surface area contributed by atoms with Gasteiger partial charge in [-0.15, -0.1) is 0 Å². The van der Waals surface area contributed by atoms with Gasteiger partial charge in [-0.3, -0.25) is 19.6 Å². The smallest absolute Gasteiger partial charge is 0.227 e. The lowest BCUT2D eigenvalue weighted by molar-refractivity contribution is -0.109. The van der Waals surface area contributed by atoms with Crippen molar-refractivity contribution in [1.29, 1.82) is 10.7 Å². The standard InChI is InChI=1S/C29H33ClN8.C3H5N3O/c1-16-11-24-22(15-34-37-24)27(28(16)30)26(29(32)19-5-8-25-20(12-19)14-35-38(25)4)17(2)36-21-6-7-23(33-3)18(13-21)9-10-31;4-1-2-5-6-3-7/h5,8,11-12,14-15,18,21,23,33H,6-7,9,13,32H2,1-4H3,(H,34,37);1-4H,(H,6,7)/b29-26+,36-17?;4-1?,5-2-. The molecular weight excluding hydrogens is 590 g/mol. The van der Waals surface area contributed by atoms with Crippen molar-refractivity contribution in [3.63, 3.8) is 0 Å². The van der Waals surface area contributed by atoms with E-state index in [4.69, 9.17) is 27.7 Å². The number of rotatable bonds is 9. The van der Waals surface area contributed by atoms with Crippen molar-refractivity contribution in [3.05, 3.63) is 58.4 Å². The Hall–Kier alpha value is -4.86. The number of aliphatic imine (C=N–C) groups is 1. The Kier molecular flexibility index (Phi) is 11.2. The zero-order valence-corrected chi connectivity index (χ0v) is 26.6. The summed E-state index contributed by atoms with van der Waals surface area (Å²) in [5, 5.41) is 36.6. The monoisotopic (exact) mass is 627 g/mol. The molecule has 1 saturated carbocycles. The van der Waals surface area contributed by atoms with Crippen molar-refractivity contribution < 1.29 is 4.79 Å². The molecule has 2 heterocycles. The summed E-state index contributed by atoms with van der Waals surface area (Å²) in [5.41, 5.74) is 15.8. The van der Waals surface area contributed by atoms with E-state index in [0.717, 1.165) is 81.5 Å². The molecule has 1 aliphatic carbocycles. The topological polar surface area (TPSA) is 186 Å². The van der Waals surface area contributed by atoms with Gasteiger partial charge in [-0.1, -0.05) is 17.7 Å². The third kappa shape index (κ3) is 7.45. The number of benzene rings is 2. The number of hydrogen-bond donors (Lipinski definition) is 5. The molecule has 234 valence electrons. The fraction of sp³-hybridized carbons (Fsp3) is 0.344. The third-order valence-corrected chi connectivity index (χ3v) is 8.62. The number of amides is 1. The van der Waals surface area contributed by atoms with E-state index in [1.807, 2.05) is 62.4 Å². The zero-order valence-electron chi connectivity index (χ0n) is 25.8. The first-order valence-electron chi connectivity index (χ1n) is 14.6. The lowest BCUT2D eigenvalue weighted by Gasteiger charge is -2.33. The summed E-state index contributed by atoms with van der Waals surface area (Å²) >= 11 is 7.00. The molecule has 1 amide bonds. The number of fused-ring (bicyclic) bond motifs is 2. The fourth-order valence-corrected chi connectivity index (χ4v) is 6.21. The Morgan fingerprint density at radius 2 is 2.13 bits per heavy atom. The van der Waals surface area contributed by atoms with Gasteiger partial charge in [0.15, 0.2) is 0 Å². The molecule has 0 radical (unpaired) electrons. The Morgan fingerprint density at radius 1 is 1.33 bits per heavy atom. The van der Waals surface area contributed by atoms with Gasteiger partial charge in [-0.2, -0.15) is 20.6 Å². The van der Waals surface area contributed by atoms with E-state index in [2.05, 4.69) is 37.8 Å². The van der Waals surface area contributed by atoms with E-state index in [0.29, 0.717) is 29.6 Å².